The molecule has 1 aromatic rings. The summed E-state index contributed by atoms with van der Waals surface area (Å²) in [5, 5.41) is 0. The zero-order valence-corrected chi connectivity index (χ0v) is 8.47. The molecule has 0 aromatic carbocycles. The molecule has 0 bridgehead atoms. The summed E-state index contributed by atoms with van der Waals surface area (Å²) in [5.74, 6) is 0. The fourth-order valence-corrected chi connectivity index (χ4v) is 2.03. The molecule has 0 fully saturated rings. The van der Waals surface area contributed by atoms with Gasteiger partial charge in [-0.3, -0.25) is 0 Å². The van der Waals surface area contributed by atoms with Crippen LogP contribution in [0.3, 0.4) is 0 Å². The van der Waals surface area contributed by atoms with Gasteiger partial charge >= 0.3 is 0 Å². The van der Waals surface area contributed by atoms with Crippen LogP contribution in [0, 0.1) is 0 Å². The summed E-state index contributed by atoms with van der Waals surface area (Å²) in [7, 11) is 0. The molecule has 1 N–H and O–H groups in total. The molecule has 0 spiro atoms. The van der Waals surface area contributed by atoms with E-state index in [1.165, 1.54) is 0 Å². The average Bonchev–Trinajstić information content (AvgIpc) is 1.85. The summed E-state index contributed by atoms with van der Waals surface area (Å²) in [5.41, 5.74) is 0. The SMILES string of the molecule is Brc1cc(Br)c(Br)[nH]1. The van der Waals surface area contributed by atoms with Gasteiger partial charge in [0.2, 0.25) is 0 Å². The molecule has 1 aromatic heterocycles. The van der Waals surface area contributed by atoms with Crippen molar-refractivity contribution < 1.29 is 0 Å². The predicted molar refractivity (Wildman–Crippen MR) is 43.9 cm³/mol. The maximum atomic E-state index is 3.31. The lowest BCUT2D eigenvalue weighted by atomic mass is 10.7. The molecular formula is C4H2Br3N. The van der Waals surface area contributed by atoms with E-state index < -0.39 is 0 Å². The molecule has 0 amide bonds. The van der Waals surface area contributed by atoms with E-state index in [2.05, 4.69) is 52.8 Å². The van der Waals surface area contributed by atoms with Gasteiger partial charge in [-0.1, -0.05) is 0 Å². The lowest BCUT2D eigenvalue weighted by Crippen LogP contribution is -1.58. The van der Waals surface area contributed by atoms with E-state index in [4.69, 9.17) is 0 Å². The minimum Gasteiger partial charge on any atom is -0.343 e. The summed E-state index contributed by atoms with van der Waals surface area (Å²) in [6, 6.07) is 1.93. The highest BCUT2D eigenvalue weighted by atomic mass is 79.9. The Morgan fingerprint density at radius 3 is 2.00 bits per heavy atom. The molecule has 0 unspecified atom stereocenters. The zero-order valence-electron chi connectivity index (χ0n) is 3.71. The van der Waals surface area contributed by atoms with Gasteiger partial charge < -0.3 is 4.98 Å². The number of halogens is 3. The van der Waals surface area contributed by atoms with Crippen LogP contribution in [0.5, 0.6) is 0 Å². The molecule has 44 valence electrons. The van der Waals surface area contributed by atoms with E-state index in [0.29, 0.717) is 0 Å². The molecule has 0 aliphatic rings. The average molecular weight is 304 g/mol. The second-order valence-corrected chi connectivity index (χ2v) is 3.78. The van der Waals surface area contributed by atoms with Gasteiger partial charge in [-0.25, -0.2) is 0 Å². The quantitative estimate of drug-likeness (QED) is 0.757. The van der Waals surface area contributed by atoms with Crippen LogP contribution in [0.1, 0.15) is 0 Å². The molecule has 0 atom stereocenters. The topological polar surface area (TPSA) is 15.8 Å². The van der Waals surface area contributed by atoms with Gasteiger partial charge in [0.25, 0.3) is 0 Å². The van der Waals surface area contributed by atoms with E-state index in [-0.39, 0.29) is 0 Å². The van der Waals surface area contributed by atoms with Crippen molar-refractivity contribution in [2.75, 3.05) is 0 Å². The van der Waals surface area contributed by atoms with Crippen LogP contribution < -0.4 is 0 Å². The minimum absolute atomic E-state index is 0.962. The van der Waals surface area contributed by atoms with Crippen LogP contribution in [0.15, 0.2) is 19.7 Å². The van der Waals surface area contributed by atoms with E-state index in [1.54, 1.807) is 0 Å². The van der Waals surface area contributed by atoms with E-state index in [1.807, 2.05) is 6.07 Å². The second-order valence-electron chi connectivity index (χ2n) is 1.28. The molecule has 1 nitrogen and oxygen atoms in total. The number of aromatic nitrogens is 1. The number of hydrogen-bond donors (Lipinski definition) is 1. The Bertz CT molecular complexity index is 174. The normalized spacial score (nSPS) is 9.88. The number of hydrogen-bond acceptors (Lipinski definition) is 0. The van der Waals surface area contributed by atoms with Crippen molar-refractivity contribution in [2.45, 2.75) is 0 Å². The molecule has 0 aliphatic heterocycles. The molecule has 0 saturated heterocycles. The monoisotopic (exact) mass is 301 g/mol. The minimum atomic E-state index is 0.962. The Morgan fingerprint density at radius 1 is 1.25 bits per heavy atom. The second kappa shape index (κ2) is 2.54. The molecule has 1 rings (SSSR count). The molecule has 0 aliphatic carbocycles. The Balaban J connectivity index is 3.14. The lowest BCUT2D eigenvalue weighted by molar-refractivity contribution is 1.31. The summed E-state index contributed by atoms with van der Waals surface area (Å²) >= 11 is 9.86. The Hall–Kier alpha value is 0.720. The molecule has 0 radical (unpaired) electrons. The van der Waals surface area contributed by atoms with Crippen molar-refractivity contribution >= 4 is 47.8 Å². The van der Waals surface area contributed by atoms with Crippen molar-refractivity contribution in [3.05, 3.63) is 19.7 Å². The predicted octanol–water partition coefficient (Wildman–Crippen LogP) is 3.30. The van der Waals surface area contributed by atoms with Crippen LogP contribution in [-0.4, -0.2) is 4.98 Å². The third-order valence-electron chi connectivity index (χ3n) is 0.692. The van der Waals surface area contributed by atoms with Crippen molar-refractivity contribution in [3.8, 4) is 0 Å². The van der Waals surface area contributed by atoms with Crippen LogP contribution in [-0.2, 0) is 0 Å². The van der Waals surface area contributed by atoms with Crippen molar-refractivity contribution in [3.63, 3.8) is 0 Å². The highest BCUT2D eigenvalue weighted by molar-refractivity contribution is 9.13. The van der Waals surface area contributed by atoms with Gasteiger partial charge in [0.1, 0.15) is 0 Å². The summed E-state index contributed by atoms with van der Waals surface area (Å²) in [6.45, 7) is 0. The number of aromatic amines is 1. The largest absolute Gasteiger partial charge is 0.343 e. The first-order valence-electron chi connectivity index (χ1n) is 1.89. The van der Waals surface area contributed by atoms with Gasteiger partial charge in [-0.15, -0.1) is 0 Å². The molecular weight excluding hydrogens is 302 g/mol. The Kier molecular flexibility index (Phi) is 2.17. The van der Waals surface area contributed by atoms with Crippen molar-refractivity contribution in [1.82, 2.24) is 4.98 Å². The first kappa shape index (κ1) is 6.83. The Morgan fingerprint density at radius 2 is 1.88 bits per heavy atom. The van der Waals surface area contributed by atoms with Crippen LogP contribution in [0.2, 0.25) is 0 Å². The highest BCUT2D eigenvalue weighted by Gasteiger charge is 1.97. The smallest absolute Gasteiger partial charge is 0.0973 e. The van der Waals surface area contributed by atoms with Crippen molar-refractivity contribution in [1.29, 1.82) is 0 Å². The Labute approximate surface area is 72.2 Å². The number of rotatable bonds is 0. The fraction of sp³-hybridized carbons (Fsp3) is 0. The third-order valence-corrected chi connectivity index (χ3v) is 2.90. The van der Waals surface area contributed by atoms with Crippen LogP contribution in [0.4, 0.5) is 0 Å². The number of nitrogens with one attached hydrogen (secondary N) is 1. The molecule has 4 heteroatoms. The lowest BCUT2D eigenvalue weighted by Gasteiger charge is -1.77. The molecule has 0 saturated carbocycles. The third kappa shape index (κ3) is 1.36. The molecule has 1 heterocycles. The van der Waals surface area contributed by atoms with E-state index >= 15 is 0 Å². The first-order chi connectivity index (χ1) is 3.70. The maximum Gasteiger partial charge on any atom is 0.0973 e. The van der Waals surface area contributed by atoms with Gasteiger partial charge in [0.15, 0.2) is 0 Å². The standard InChI is InChI=1S/C4H2Br3N/c5-2-1-3(6)8-4(2)7/h1,8H. The van der Waals surface area contributed by atoms with E-state index in [9.17, 15) is 0 Å². The zero-order chi connectivity index (χ0) is 6.15. The van der Waals surface area contributed by atoms with Crippen LogP contribution in [0.25, 0.3) is 0 Å². The fourth-order valence-electron chi connectivity index (χ4n) is 0.375. The van der Waals surface area contributed by atoms with Crippen LogP contribution >= 0.6 is 47.8 Å². The summed E-state index contributed by atoms with van der Waals surface area (Å²) in [4.78, 5) is 2.99. The maximum absolute atomic E-state index is 3.31. The van der Waals surface area contributed by atoms with Crippen molar-refractivity contribution in [2.24, 2.45) is 0 Å². The van der Waals surface area contributed by atoms with Gasteiger partial charge in [-0.2, -0.15) is 0 Å². The molecule has 8 heavy (non-hydrogen) atoms. The summed E-state index contributed by atoms with van der Waals surface area (Å²) < 4.78 is 2.96. The highest BCUT2D eigenvalue weighted by Crippen LogP contribution is 2.25. The number of H-pyrrole nitrogens is 1. The van der Waals surface area contributed by atoms with Gasteiger partial charge in [0, 0.05) is 0 Å². The van der Waals surface area contributed by atoms with Gasteiger partial charge in [-0.05, 0) is 53.9 Å². The van der Waals surface area contributed by atoms with Gasteiger partial charge in [0.05, 0.1) is 13.7 Å². The summed E-state index contributed by atoms with van der Waals surface area (Å²) in [6.07, 6.45) is 0. The van der Waals surface area contributed by atoms with E-state index in [0.717, 1.165) is 13.7 Å². The first-order valence-corrected chi connectivity index (χ1v) is 4.27.